The smallest absolute Gasteiger partial charge is 0.162 e. The van der Waals surface area contributed by atoms with Crippen LogP contribution in [0.2, 0.25) is 5.02 Å². The molecule has 1 atom stereocenters. The van der Waals surface area contributed by atoms with E-state index in [1.165, 1.54) is 6.33 Å². The van der Waals surface area contributed by atoms with Gasteiger partial charge in [0.15, 0.2) is 17.3 Å². The number of rotatable bonds is 6. The SMILES string of the molecule is C[C@H](Nc1ncnc2[nH]cnc12)c1nc(CCN2CCOCC2)c2c(Cl)cccc2c1F. The topological polar surface area (TPSA) is 91.9 Å². The molecule has 0 amide bonds. The molecule has 0 spiro atoms. The minimum Gasteiger partial charge on any atom is -0.379 e. The van der Waals surface area contributed by atoms with Gasteiger partial charge in [-0.25, -0.2) is 19.3 Å². The Morgan fingerprint density at radius 2 is 2.09 bits per heavy atom. The molecule has 32 heavy (non-hydrogen) atoms. The summed E-state index contributed by atoms with van der Waals surface area (Å²) in [7, 11) is 0. The molecule has 4 aromatic rings. The molecule has 1 aliphatic rings. The molecule has 2 N–H and O–H groups in total. The highest BCUT2D eigenvalue weighted by molar-refractivity contribution is 6.35. The van der Waals surface area contributed by atoms with Crippen molar-refractivity contribution in [1.82, 2.24) is 29.8 Å². The summed E-state index contributed by atoms with van der Waals surface area (Å²) < 4.78 is 21.0. The van der Waals surface area contributed by atoms with Crippen molar-refractivity contribution in [3.63, 3.8) is 0 Å². The third-order valence-corrected chi connectivity index (χ3v) is 6.08. The maximum atomic E-state index is 15.6. The number of fused-ring (bicyclic) bond motifs is 2. The lowest BCUT2D eigenvalue weighted by Gasteiger charge is -2.26. The second-order valence-corrected chi connectivity index (χ2v) is 8.22. The molecule has 8 nitrogen and oxygen atoms in total. The lowest BCUT2D eigenvalue weighted by Crippen LogP contribution is -2.37. The van der Waals surface area contributed by atoms with Crippen LogP contribution in [0.1, 0.15) is 24.4 Å². The summed E-state index contributed by atoms with van der Waals surface area (Å²) >= 11 is 6.49. The number of hydrogen-bond donors (Lipinski definition) is 2. The van der Waals surface area contributed by atoms with Gasteiger partial charge in [-0.05, 0) is 13.0 Å². The molecule has 1 saturated heterocycles. The molecule has 0 unspecified atom stereocenters. The van der Waals surface area contributed by atoms with Gasteiger partial charge in [0.2, 0.25) is 0 Å². The second-order valence-electron chi connectivity index (χ2n) is 7.81. The minimum absolute atomic E-state index is 0.319. The molecule has 1 fully saturated rings. The van der Waals surface area contributed by atoms with Gasteiger partial charge >= 0.3 is 0 Å². The third kappa shape index (κ3) is 3.99. The van der Waals surface area contributed by atoms with E-state index in [1.807, 2.05) is 6.92 Å². The quantitative estimate of drug-likeness (QED) is 0.457. The van der Waals surface area contributed by atoms with Crippen LogP contribution < -0.4 is 5.32 Å². The highest BCUT2D eigenvalue weighted by atomic mass is 35.5. The third-order valence-electron chi connectivity index (χ3n) is 5.77. The highest BCUT2D eigenvalue weighted by Crippen LogP contribution is 2.32. The fraction of sp³-hybridized carbons (Fsp3) is 0.364. The number of benzene rings is 1. The summed E-state index contributed by atoms with van der Waals surface area (Å²) in [5.74, 6) is 0.135. The van der Waals surface area contributed by atoms with Crippen LogP contribution in [-0.2, 0) is 11.2 Å². The van der Waals surface area contributed by atoms with Crippen molar-refractivity contribution in [2.45, 2.75) is 19.4 Å². The van der Waals surface area contributed by atoms with Crippen LogP contribution in [0.15, 0.2) is 30.9 Å². The van der Waals surface area contributed by atoms with E-state index in [-0.39, 0.29) is 5.82 Å². The highest BCUT2D eigenvalue weighted by Gasteiger charge is 2.22. The fourth-order valence-electron chi connectivity index (χ4n) is 4.09. The summed E-state index contributed by atoms with van der Waals surface area (Å²) in [4.78, 5) is 22.7. The number of hydrogen-bond acceptors (Lipinski definition) is 7. The van der Waals surface area contributed by atoms with E-state index < -0.39 is 6.04 Å². The number of H-pyrrole nitrogens is 1. The molecule has 5 rings (SSSR count). The van der Waals surface area contributed by atoms with Crippen LogP contribution >= 0.6 is 11.6 Å². The first-order valence-electron chi connectivity index (χ1n) is 10.6. The zero-order valence-corrected chi connectivity index (χ0v) is 18.4. The lowest BCUT2D eigenvalue weighted by atomic mass is 10.0. The molecule has 0 bridgehead atoms. The summed E-state index contributed by atoms with van der Waals surface area (Å²) in [6.07, 6.45) is 3.65. The normalized spacial score (nSPS) is 16.0. The van der Waals surface area contributed by atoms with Gasteiger partial charge < -0.3 is 15.0 Å². The molecule has 3 aromatic heterocycles. The largest absolute Gasteiger partial charge is 0.379 e. The maximum Gasteiger partial charge on any atom is 0.162 e. The summed E-state index contributed by atoms with van der Waals surface area (Å²) in [5, 5.41) is 4.90. The van der Waals surface area contributed by atoms with Gasteiger partial charge in [0.1, 0.15) is 11.8 Å². The van der Waals surface area contributed by atoms with E-state index in [2.05, 4.69) is 30.2 Å². The van der Waals surface area contributed by atoms with Gasteiger partial charge in [0.05, 0.1) is 42.0 Å². The van der Waals surface area contributed by atoms with Crippen molar-refractivity contribution in [2.24, 2.45) is 0 Å². The van der Waals surface area contributed by atoms with Crippen molar-refractivity contribution < 1.29 is 9.13 Å². The molecule has 0 saturated carbocycles. The molecule has 10 heteroatoms. The van der Waals surface area contributed by atoms with Crippen LogP contribution in [-0.4, -0.2) is 62.7 Å². The van der Waals surface area contributed by atoms with E-state index in [4.69, 9.17) is 21.3 Å². The Kier molecular flexibility index (Phi) is 5.86. The summed E-state index contributed by atoms with van der Waals surface area (Å²) in [6, 6.07) is 4.85. The van der Waals surface area contributed by atoms with E-state index >= 15 is 4.39 Å². The molecular weight excluding hydrogens is 433 g/mol. The van der Waals surface area contributed by atoms with Crippen LogP contribution in [0.4, 0.5) is 10.2 Å². The van der Waals surface area contributed by atoms with Crippen LogP contribution in [0.3, 0.4) is 0 Å². The Balaban J connectivity index is 1.50. The molecule has 0 radical (unpaired) electrons. The van der Waals surface area contributed by atoms with E-state index in [0.29, 0.717) is 44.9 Å². The number of anilines is 1. The number of ether oxygens (including phenoxy) is 1. The molecule has 0 aliphatic carbocycles. The van der Waals surface area contributed by atoms with Gasteiger partial charge in [-0.15, -0.1) is 0 Å². The number of nitrogens with one attached hydrogen (secondary N) is 2. The number of morpholine rings is 1. The van der Waals surface area contributed by atoms with Gasteiger partial charge in [-0.2, -0.15) is 0 Å². The number of halogens is 2. The van der Waals surface area contributed by atoms with E-state index in [1.54, 1.807) is 24.5 Å². The number of nitrogens with zero attached hydrogens (tertiary/aromatic N) is 5. The van der Waals surface area contributed by atoms with E-state index in [0.717, 1.165) is 38.5 Å². The first-order valence-corrected chi connectivity index (χ1v) is 11.0. The molecule has 166 valence electrons. The van der Waals surface area contributed by atoms with Gasteiger partial charge in [0.25, 0.3) is 0 Å². The van der Waals surface area contributed by atoms with Crippen molar-refractivity contribution in [2.75, 3.05) is 38.2 Å². The van der Waals surface area contributed by atoms with Crippen LogP contribution in [0.5, 0.6) is 0 Å². The van der Waals surface area contributed by atoms with Crippen molar-refractivity contribution in [3.8, 4) is 0 Å². The molecule has 1 aromatic carbocycles. The average Bonchev–Trinajstić information content (AvgIpc) is 3.30. The fourth-order valence-corrected chi connectivity index (χ4v) is 4.37. The van der Waals surface area contributed by atoms with Crippen molar-refractivity contribution in [3.05, 3.63) is 53.1 Å². The Morgan fingerprint density at radius 1 is 1.25 bits per heavy atom. The standard InChI is InChI=1S/C22H23ClFN7O/c1-13(29-22-20-21(26-11-25-20)27-12-28-22)19-18(24)14-3-2-4-15(23)17(14)16(30-19)5-6-31-7-9-32-10-8-31/h2-4,11-13H,5-10H2,1H3,(H2,25,26,27,28,29)/t13-/m0/s1. The van der Waals surface area contributed by atoms with Crippen molar-refractivity contribution >= 4 is 39.4 Å². The average molecular weight is 456 g/mol. The monoisotopic (exact) mass is 455 g/mol. The lowest BCUT2D eigenvalue weighted by molar-refractivity contribution is 0.0384. The Bertz CT molecular complexity index is 1260. The molecular formula is C22H23ClFN7O. The first kappa shape index (κ1) is 21.0. The van der Waals surface area contributed by atoms with Gasteiger partial charge in [-0.3, -0.25) is 9.88 Å². The van der Waals surface area contributed by atoms with Crippen LogP contribution in [0.25, 0.3) is 21.9 Å². The maximum absolute atomic E-state index is 15.6. The Labute approximate surface area is 189 Å². The Morgan fingerprint density at radius 3 is 2.94 bits per heavy atom. The summed E-state index contributed by atoms with van der Waals surface area (Å²) in [6.45, 7) is 5.88. The van der Waals surface area contributed by atoms with Gasteiger partial charge in [-0.1, -0.05) is 23.7 Å². The van der Waals surface area contributed by atoms with E-state index in [9.17, 15) is 0 Å². The zero-order valence-electron chi connectivity index (χ0n) is 17.6. The van der Waals surface area contributed by atoms with Crippen molar-refractivity contribution in [1.29, 1.82) is 0 Å². The minimum atomic E-state index is -0.449. The number of aromatic amines is 1. The predicted octanol–water partition coefficient (Wildman–Crippen LogP) is 3.74. The molecule has 1 aliphatic heterocycles. The van der Waals surface area contributed by atoms with Crippen LogP contribution in [0, 0.1) is 5.82 Å². The number of aromatic nitrogens is 5. The number of pyridine rings is 1. The first-order chi connectivity index (χ1) is 15.6. The van der Waals surface area contributed by atoms with Gasteiger partial charge in [0, 0.05) is 36.8 Å². The Hall–Kier alpha value is -2.88. The second kappa shape index (κ2) is 8.93. The zero-order chi connectivity index (χ0) is 22.1. The number of imidazole rings is 1. The molecule has 4 heterocycles. The predicted molar refractivity (Wildman–Crippen MR) is 121 cm³/mol. The summed E-state index contributed by atoms with van der Waals surface area (Å²) in [5.41, 5.74) is 2.31.